The van der Waals surface area contributed by atoms with Gasteiger partial charge in [0.15, 0.2) is 5.65 Å². The van der Waals surface area contributed by atoms with Gasteiger partial charge in [-0.05, 0) is 75.3 Å². The van der Waals surface area contributed by atoms with Crippen LogP contribution in [0.1, 0.15) is 44.2 Å². The second kappa shape index (κ2) is 4.59. The smallest absolute Gasteiger partial charge is 0.230 e. The zero-order valence-electron chi connectivity index (χ0n) is 13.6. The maximum Gasteiger partial charge on any atom is 0.230 e. The molecule has 0 spiro atoms. The lowest BCUT2D eigenvalue weighted by Gasteiger charge is -2.55. The highest BCUT2D eigenvalue weighted by Crippen LogP contribution is 2.60. The number of pyridine rings is 1. The highest BCUT2D eigenvalue weighted by molar-refractivity contribution is 5.98. The van der Waals surface area contributed by atoms with E-state index < -0.39 is 0 Å². The molecule has 0 atom stereocenters. The van der Waals surface area contributed by atoms with E-state index in [0.29, 0.717) is 0 Å². The zero-order chi connectivity index (χ0) is 15.6. The summed E-state index contributed by atoms with van der Waals surface area (Å²) in [4.78, 5) is 17.7. The van der Waals surface area contributed by atoms with Crippen LogP contribution >= 0.6 is 0 Å². The maximum absolute atomic E-state index is 13.2. The quantitative estimate of drug-likeness (QED) is 0.917. The molecule has 0 unspecified atom stereocenters. The van der Waals surface area contributed by atoms with Crippen molar-refractivity contribution >= 4 is 17.2 Å². The molecule has 4 aliphatic rings. The molecule has 4 saturated carbocycles. The van der Waals surface area contributed by atoms with E-state index in [1.54, 1.807) is 0 Å². The van der Waals surface area contributed by atoms with Gasteiger partial charge in [-0.1, -0.05) is 0 Å². The first kappa shape index (κ1) is 13.6. The van der Waals surface area contributed by atoms with E-state index in [1.165, 1.54) is 19.3 Å². The molecule has 1 N–H and O–H groups in total. The SMILES string of the molecule is Cc1cn2cccc(NC(=O)C34CC5CC(CC(C5)C3)C4)c2n1. The summed E-state index contributed by atoms with van der Waals surface area (Å²) in [7, 11) is 0. The number of anilines is 1. The molecule has 4 aliphatic carbocycles. The number of nitrogens with zero attached hydrogens (tertiary/aromatic N) is 2. The molecule has 2 aromatic rings. The predicted octanol–water partition coefficient (Wildman–Crippen LogP) is 3.80. The average Bonchev–Trinajstić information content (AvgIpc) is 2.87. The third-order valence-electron chi connectivity index (χ3n) is 6.37. The number of imidazole rings is 1. The largest absolute Gasteiger partial charge is 0.322 e. The molecule has 120 valence electrons. The summed E-state index contributed by atoms with van der Waals surface area (Å²) in [5.41, 5.74) is 2.56. The van der Waals surface area contributed by atoms with Crippen LogP contribution < -0.4 is 5.32 Å². The summed E-state index contributed by atoms with van der Waals surface area (Å²) in [6.45, 7) is 1.98. The van der Waals surface area contributed by atoms with E-state index in [9.17, 15) is 4.79 Å². The Morgan fingerprint density at radius 1 is 1.22 bits per heavy atom. The highest BCUT2D eigenvalue weighted by Gasteiger charge is 2.54. The van der Waals surface area contributed by atoms with Gasteiger partial charge in [0.2, 0.25) is 5.91 Å². The molecule has 4 heteroatoms. The van der Waals surface area contributed by atoms with Crippen LogP contribution in [-0.4, -0.2) is 15.3 Å². The fourth-order valence-electron chi connectivity index (χ4n) is 5.88. The Balaban J connectivity index is 1.47. The Morgan fingerprint density at radius 3 is 2.52 bits per heavy atom. The van der Waals surface area contributed by atoms with E-state index >= 15 is 0 Å². The molecular weight excluding hydrogens is 286 g/mol. The lowest BCUT2D eigenvalue weighted by atomic mass is 9.49. The molecule has 4 fully saturated rings. The van der Waals surface area contributed by atoms with Crippen LogP contribution in [0.2, 0.25) is 0 Å². The number of carbonyl (C=O) groups excluding carboxylic acids is 1. The fourth-order valence-corrected chi connectivity index (χ4v) is 5.88. The highest BCUT2D eigenvalue weighted by atomic mass is 16.2. The number of hydrogen-bond acceptors (Lipinski definition) is 2. The van der Waals surface area contributed by atoms with Crippen LogP contribution in [0, 0.1) is 30.1 Å². The van der Waals surface area contributed by atoms with Crippen molar-refractivity contribution in [2.75, 3.05) is 5.32 Å². The first-order valence-corrected chi connectivity index (χ1v) is 8.87. The van der Waals surface area contributed by atoms with Gasteiger partial charge >= 0.3 is 0 Å². The number of carbonyl (C=O) groups is 1. The lowest BCUT2D eigenvalue weighted by molar-refractivity contribution is -0.140. The first-order chi connectivity index (χ1) is 11.1. The zero-order valence-corrected chi connectivity index (χ0v) is 13.6. The standard InChI is InChI=1S/C19H23N3O/c1-12-11-22-4-2-3-16(17(22)20-12)21-18(23)19-8-13-5-14(9-19)7-15(6-13)10-19/h2-4,11,13-15H,5-10H2,1H3,(H,21,23). The second-order valence-corrected chi connectivity index (χ2v) is 8.19. The monoisotopic (exact) mass is 309 g/mol. The Hall–Kier alpha value is -1.84. The minimum atomic E-state index is -0.108. The molecule has 23 heavy (non-hydrogen) atoms. The molecule has 1 amide bonds. The predicted molar refractivity (Wildman–Crippen MR) is 89.2 cm³/mol. The van der Waals surface area contributed by atoms with Crippen molar-refractivity contribution in [1.82, 2.24) is 9.38 Å². The average molecular weight is 309 g/mol. The Bertz CT molecular complexity index is 756. The number of nitrogens with one attached hydrogen (secondary N) is 1. The summed E-state index contributed by atoms with van der Waals surface area (Å²) in [6, 6.07) is 3.95. The van der Waals surface area contributed by atoms with Gasteiger partial charge in [0.05, 0.1) is 16.8 Å². The van der Waals surface area contributed by atoms with Crippen molar-refractivity contribution in [1.29, 1.82) is 0 Å². The lowest BCUT2D eigenvalue weighted by Crippen LogP contribution is -2.51. The summed E-state index contributed by atoms with van der Waals surface area (Å²) in [5.74, 6) is 2.61. The molecule has 4 nitrogen and oxygen atoms in total. The topological polar surface area (TPSA) is 46.4 Å². The number of aryl methyl sites for hydroxylation is 1. The molecular formula is C19H23N3O. The van der Waals surface area contributed by atoms with Crippen molar-refractivity contribution in [2.45, 2.75) is 45.4 Å². The molecule has 0 saturated heterocycles. The van der Waals surface area contributed by atoms with Crippen LogP contribution in [0.4, 0.5) is 5.69 Å². The van der Waals surface area contributed by atoms with Crippen molar-refractivity contribution < 1.29 is 4.79 Å². The third kappa shape index (κ3) is 2.03. The van der Waals surface area contributed by atoms with E-state index in [1.807, 2.05) is 35.9 Å². The number of amides is 1. The van der Waals surface area contributed by atoms with E-state index in [2.05, 4.69) is 10.3 Å². The molecule has 2 heterocycles. The minimum absolute atomic E-state index is 0.108. The van der Waals surface area contributed by atoms with Crippen LogP contribution in [-0.2, 0) is 4.79 Å². The molecule has 0 aliphatic heterocycles. The maximum atomic E-state index is 13.2. The van der Waals surface area contributed by atoms with Gasteiger partial charge in [0.25, 0.3) is 0 Å². The first-order valence-electron chi connectivity index (χ1n) is 8.87. The van der Waals surface area contributed by atoms with Crippen LogP contribution in [0.25, 0.3) is 5.65 Å². The van der Waals surface area contributed by atoms with Crippen molar-refractivity contribution in [3.05, 3.63) is 30.2 Å². The van der Waals surface area contributed by atoms with Crippen LogP contribution in [0.15, 0.2) is 24.5 Å². The van der Waals surface area contributed by atoms with Crippen molar-refractivity contribution in [3.63, 3.8) is 0 Å². The number of fused-ring (bicyclic) bond motifs is 1. The van der Waals surface area contributed by atoms with E-state index in [-0.39, 0.29) is 11.3 Å². The summed E-state index contributed by atoms with van der Waals surface area (Å²) < 4.78 is 1.99. The van der Waals surface area contributed by atoms with Gasteiger partial charge in [-0.3, -0.25) is 4.79 Å². The number of aromatic nitrogens is 2. The van der Waals surface area contributed by atoms with Crippen molar-refractivity contribution in [2.24, 2.45) is 23.2 Å². The molecule has 4 bridgehead atoms. The van der Waals surface area contributed by atoms with Crippen LogP contribution in [0.5, 0.6) is 0 Å². The number of hydrogen-bond donors (Lipinski definition) is 1. The molecule has 0 aromatic carbocycles. The summed E-state index contributed by atoms with van der Waals surface area (Å²) in [6.07, 6.45) is 11.4. The third-order valence-corrected chi connectivity index (χ3v) is 6.37. The molecule has 2 aromatic heterocycles. The molecule has 0 radical (unpaired) electrons. The van der Waals surface area contributed by atoms with Gasteiger partial charge in [-0.25, -0.2) is 4.98 Å². The van der Waals surface area contributed by atoms with Crippen LogP contribution in [0.3, 0.4) is 0 Å². The molecule has 6 rings (SSSR count). The van der Waals surface area contributed by atoms with Gasteiger partial charge in [0, 0.05) is 12.4 Å². The minimum Gasteiger partial charge on any atom is -0.322 e. The van der Waals surface area contributed by atoms with Crippen molar-refractivity contribution in [3.8, 4) is 0 Å². The van der Waals surface area contributed by atoms with Gasteiger partial charge in [0.1, 0.15) is 0 Å². The van der Waals surface area contributed by atoms with E-state index in [0.717, 1.165) is 54.0 Å². The Labute approximate surface area is 136 Å². The van der Waals surface area contributed by atoms with Gasteiger partial charge in [-0.2, -0.15) is 0 Å². The summed E-state index contributed by atoms with van der Waals surface area (Å²) >= 11 is 0. The normalized spacial score (nSPS) is 34.9. The Morgan fingerprint density at radius 2 is 1.87 bits per heavy atom. The summed E-state index contributed by atoms with van der Waals surface area (Å²) in [5, 5.41) is 3.23. The van der Waals surface area contributed by atoms with Gasteiger partial charge in [-0.15, -0.1) is 0 Å². The van der Waals surface area contributed by atoms with Gasteiger partial charge < -0.3 is 9.72 Å². The fraction of sp³-hybridized carbons (Fsp3) is 0.579. The Kier molecular flexibility index (Phi) is 2.71. The second-order valence-electron chi connectivity index (χ2n) is 8.19. The number of rotatable bonds is 2. The van der Waals surface area contributed by atoms with E-state index in [4.69, 9.17) is 0 Å².